The Kier molecular flexibility index (Phi) is 9.22. The van der Waals surface area contributed by atoms with Crippen molar-refractivity contribution in [2.75, 3.05) is 25.1 Å². The van der Waals surface area contributed by atoms with Gasteiger partial charge < -0.3 is 14.8 Å². The molecule has 8 heteroatoms. The third-order valence-electron chi connectivity index (χ3n) is 4.27. The number of amides is 2. The number of hydrogen-bond donors (Lipinski definition) is 2. The van der Waals surface area contributed by atoms with Crippen LogP contribution in [0, 0.1) is 0 Å². The van der Waals surface area contributed by atoms with Gasteiger partial charge in [-0.05, 0) is 49.6 Å². The Morgan fingerprint density at radius 2 is 1.52 bits per heavy atom. The average Bonchev–Trinajstić information content (AvgIpc) is 2.76. The SMILES string of the molecule is CCOC(=O)Nc1ccc(C(=O)OCC(=O)c2ccc(CCCNC(C)=O)cc2)cc1. The lowest BCUT2D eigenvalue weighted by Crippen LogP contribution is -2.21. The number of esters is 1. The fourth-order valence-corrected chi connectivity index (χ4v) is 2.69. The van der Waals surface area contributed by atoms with Crippen LogP contribution >= 0.6 is 0 Å². The maximum absolute atomic E-state index is 12.3. The Balaban J connectivity index is 1.80. The number of carbonyl (C=O) groups is 4. The van der Waals surface area contributed by atoms with Crippen molar-refractivity contribution in [3.05, 3.63) is 65.2 Å². The molecule has 0 unspecified atom stereocenters. The second kappa shape index (κ2) is 12.1. The number of carbonyl (C=O) groups excluding carboxylic acids is 4. The summed E-state index contributed by atoms with van der Waals surface area (Å²) in [7, 11) is 0. The van der Waals surface area contributed by atoms with E-state index in [1.807, 2.05) is 12.1 Å². The molecule has 2 N–H and O–H groups in total. The van der Waals surface area contributed by atoms with E-state index in [9.17, 15) is 19.2 Å². The van der Waals surface area contributed by atoms with E-state index in [2.05, 4.69) is 10.6 Å². The van der Waals surface area contributed by atoms with E-state index < -0.39 is 12.1 Å². The molecule has 0 aromatic heterocycles. The summed E-state index contributed by atoms with van der Waals surface area (Å²) in [5.41, 5.74) is 2.24. The molecule has 0 spiro atoms. The van der Waals surface area contributed by atoms with Crippen LogP contribution in [0.3, 0.4) is 0 Å². The smallest absolute Gasteiger partial charge is 0.411 e. The quantitative estimate of drug-likeness (QED) is 0.342. The van der Waals surface area contributed by atoms with Crippen molar-refractivity contribution in [1.82, 2.24) is 5.32 Å². The highest BCUT2D eigenvalue weighted by atomic mass is 16.5. The minimum Gasteiger partial charge on any atom is -0.454 e. The van der Waals surface area contributed by atoms with Gasteiger partial charge in [-0.2, -0.15) is 0 Å². The van der Waals surface area contributed by atoms with Gasteiger partial charge in [0, 0.05) is 24.7 Å². The summed E-state index contributed by atoms with van der Waals surface area (Å²) in [5.74, 6) is -0.996. The van der Waals surface area contributed by atoms with Crippen LogP contribution in [0.1, 0.15) is 46.5 Å². The number of rotatable bonds is 10. The number of aryl methyl sites for hydroxylation is 1. The lowest BCUT2D eigenvalue weighted by atomic mass is 10.1. The third-order valence-corrected chi connectivity index (χ3v) is 4.27. The van der Waals surface area contributed by atoms with E-state index in [-0.39, 0.29) is 30.5 Å². The molecule has 0 saturated heterocycles. The summed E-state index contributed by atoms with van der Waals surface area (Å²) >= 11 is 0. The van der Waals surface area contributed by atoms with Crippen LogP contribution in [-0.4, -0.2) is 43.5 Å². The number of ether oxygens (including phenoxy) is 2. The van der Waals surface area contributed by atoms with E-state index >= 15 is 0 Å². The van der Waals surface area contributed by atoms with Crippen molar-refractivity contribution >= 4 is 29.4 Å². The molecule has 2 aromatic carbocycles. The molecule has 0 atom stereocenters. The monoisotopic (exact) mass is 426 g/mol. The molecule has 0 heterocycles. The molecule has 8 nitrogen and oxygen atoms in total. The van der Waals surface area contributed by atoms with Crippen LogP contribution in [0.25, 0.3) is 0 Å². The lowest BCUT2D eigenvalue weighted by Gasteiger charge is -2.07. The molecule has 0 aliphatic heterocycles. The van der Waals surface area contributed by atoms with Crippen LogP contribution in [0.15, 0.2) is 48.5 Å². The normalized spacial score (nSPS) is 10.1. The predicted octanol–water partition coefficient (Wildman–Crippen LogP) is 3.36. The van der Waals surface area contributed by atoms with E-state index in [0.717, 1.165) is 18.4 Å². The molecule has 0 fully saturated rings. The molecule has 0 aliphatic rings. The Morgan fingerprint density at radius 3 is 2.13 bits per heavy atom. The Morgan fingerprint density at radius 1 is 0.871 bits per heavy atom. The molecule has 2 aromatic rings. The van der Waals surface area contributed by atoms with E-state index in [4.69, 9.17) is 9.47 Å². The van der Waals surface area contributed by atoms with Crippen molar-refractivity contribution in [2.24, 2.45) is 0 Å². The third kappa shape index (κ3) is 8.30. The Bertz CT molecular complexity index is 907. The fourth-order valence-electron chi connectivity index (χ4n) is 2.69. The summed E-state index contributed by atoms with van der Waals surface area (Å²) in [5, 5.41) is 5.26. The molecule has 0 aliphatic carbocycles. The van der Waals surface area contributed by atoms with Crippen LogP contribution in [0.5, 0.6) is 0 Å². The summed E-state index contributed by atoms with van der Waals surface area (Å²) in [4.78, 5) is 46.6. The van der Waals surface area contributed by atoms with Gasteiger partial charge in [0.1, 0.15) is 0 Å². The van der Waals surface area contributed by atoms with Crippen molar-refractivity contribution in [1.29, 1.82) is 0 Å². The van der Waals surface area contributed by atoms with E-state index in [1.165, 1.54) is 19.1 Å². The van der Waals surface area contributed by atoms with Crippen molar-refractivity contribution in [2.45, 2.75) is 26.7 Å². The molecule has 2 rings (SSSR count). The predicted molar refractivity (Wildman–Crippen MR) is 115 cm³/mol. The average molecular weight is 426 g/mol. The van der Waals surface area contributed by atoms with Gasteiger partial charge in [-0.15, -0.1) is 0 Å². The molecule has 0 bridgehead atoms. The van der Waals surface area contributed by atoms with Crippen molar-refractivity contribution < 1.29 is 28.7 Å². The van der Waals surface area contributed by atoms with Gasteiger partial charge >= 0.3 is 12.1 Å². The second-order valence-electron chi connectivity index (χ2n) is 6.71. The zero-order valence-corrected chi connectivity index (χ0v) is 17.6. The highest BCUT2D eigenvalue weighted by molar-refractivity contribution is 5.99. The van der Waals surface area contributed by atoms with Crippen LogP contribution in [-0.2, 0) is 20.7 Å². The minimum atomic E-state index is -0.634. The first-order valence-electron chi connectivity index (χ1n) is 9.96. The number of anilines is 1. The molecule has 31 heavy (non-hydrogen) atoms. The van der Waals surface area contributed by atoms with E-state index in [0.29, 0.717) is 17.8 Å². The molecular weight excluding hydrogens is 400 g/mol. The van der Waals surface area contributed by atoms with E-state index in [1.54, 1.807) is 31.2 Å². The molecule has 2 amide bonds. The first kappa shape index (κ1) is 23.6. The minimum absolute atomic E-state index is 0.0558. The van der Waals surface area contributed by atoms with Gasteiger partial charge in [-0.3, -0.25) is 14.9 Å². The molecule has 164 valence electrons. The second-order valence-corrected chi connectivity index (χ2v) is 6.71. The summed E-state index contributed by atoms with van der Waals surface area (Å²) in [6.45, 7) is 3.66. The van der Waals surface area contributed by atoms with Gasteiger partial charge in [-0.1, -0.05) is 24.3 Å². The summed E-state index contributed by atoms with van der Waals surface area (Å²) in [6, 6.07) is 13.1. The first-order chi connectivity index (χ1) is 14.9. The Labute approximate surface area is 180 Å². The first-order valence-corrected chi connectivity index (χ1v) is 9.96. The number of ketones is 1. The van der Waals surface area contributed by atoms with Crippen LogP contribution < -0.4 is 10.6 Å². The maximum Gasteiger partial charge on any atom is 0.411 e. The molecule has 0 radical (unpaired) electrons. The van der Waals surface area contributed by atoms with Gasteiger partial charge in [0.2, 0.25) is 5.91 Å². The number of hydrogen-bond acceptors (Lipinski definition) is 6. The number of benzene rings is 2. The lowest BCUT2D eigenvalue weighted by molar-refractivity contribution is -0.118. The summed E-state index contributed by atoms with van der Waals surface area (Å²) < 4.78 is 9.87. The highest BCUT2D eigenvalue weighted by Gasteiger charge is 2.12. The largest absolute Gasteiger partial charge is 0.454 e. The molecular formula is C23H26N2O6. The van der Waals surface area contributed by atoms with Crippen molar-refractivity contribution in [3.8, 4) is 0 Å². The maximum atomic E-state index is 12.3. The standard InChI is InChI=1S/C23H26N2O6/c1-3-30-23(29)25-20-12-10-19(11-13-20)22(28)31-15-21(27)18-8-6-17(7-9-18)5-4-14-24-16(2)26/h6-13H,3-5,14-15H2,1-2H3,(H,24,26)(H,25,29). The van der Waals surface area contributed by atoms with Gasteiger partial charge in [-0.25, -0.2) is 9.59 Å². The topological polar surface area (TPSA) is 111 Å². The van der Waals surface area contributed by atoms with Gasteiger partial charge in [0.25, 0.3) is 0 Å². The fraction of sp³-hybridized carbons (Fsp3) is 0.304. The summed E-state index contributed by atoms with van der Waals surface area (Å²) in [6.07, 6.45) is 1.01. The van der Waals surface area contributed by atoms with Gasteiger partial charge in [0.15, 0.2) is 12.4 Å². The number of Topliss-reactive ketones (excluding diaryl/α,β-unsaturated/α-hetero) is 1. The van der Waals surface area contributed by atoms with Crippen molar-refractivity contribution in [3.63, 3.8) is 0 Å². The zero-order valence-electron chi connectivity index (χ0n) is 17.6. The van der Waals surface area contributed by atoms with Crippen LogP contribution in [0.2, 0.25) is 0 Å². The van der Waals surface area contributed by atoms with Crippen LogP contribution in [0.4, 0.5) is 10.5 Å². The Hall–Kier alpha value is -3.68. The highest BCUT2D eigenvalue weighted by Crippen LogP contribution is 2.12. The van der Waals surface area contributed by atoms with Gasteiger partial charge in [0.05, 0.1) is 12.2 Å². The number of nitrogens with one attached hydrogen (secondary N) is 2. The zero-order chi connectivity index (χ0) is 22.6. The molecule has 0 saturated carbocycles.